The summed E-state index contributed by atoms with van der Waals surface area (Å²) in [6.45, 7) is 8.27. The summed E-state index contributed by atoms with van der Waals surface area (Å²) in [4.78, 5) is 4.67. The van der Waals surface area contributed by atoms with E-state index in [-0.39, 0.29) is 0 Å². The molecule has 4 heteroatoms. The smallest absolute Gasteiger partial charge is 0.120 e. The van der Waals surface area contributed by atoms with Gasteiger partial charge in [0.15, 0.2) is 0 Å². The zero-order chi connectivity index (χ0) is 14.3. The molecule has 0 heterocycles. The minimum Gasteiger partial charge on any atom is -0.492 e. The Morgan fingerprint density at radius 3 is 2.63 bits per heavy atom. The van der Waals surface area contributed by atoms with Crippen LogP contribution in [-0.2, 0) is 0 Å². The first-order valence-electron chi connectivity index (χ1n) is 6.80. The Morgan fingerprint density at radius 1 is 1.32 bits per heavy atom. The Kier molecular flexibility index (Phi) is 7.42. The fourth-order valence-electron chi connectivity index (χ4n) is 2.17. The Bertz CT molecular complexity index is 371. The summed E-state index contributed by atoms with van der Waals surface area (Å²) in [5, 5.41) is 0. The van der Waals surface area contributed by atoms with E-state index in [1.807, 2.05) is 24.3 Å². The average Bonchev–Trinajstić information content (AvgIpc) is 2.33. The maximum atomic E-state index is 5.79. The molecule has 19 heavy (non-hydrogen) atoms. The van der Waals surface area contributed by atoms with Gasteiger partial charge in [0, 0.05) is 23.6 Å². The zero-order valence-electron chi connectivity index (χ0n) is 12.4. The van der Waals surface area contributed by atoms with E-state index in [4.69, 9.17) is 4.74 Å². The normalized spacial score (nSPS) is 13.0. The molecule has 1 unspecified atom stereocenters. The number of hydrogen-bond donors (Lipinski definition) is 0. The molecule has 0 aliphatic carbocycles. The lowest BCUT2D eigenvalue weighted by molar-refractivity contribution is 0.152. The van der Waals surface area contributed by atoms with E-state index in [2.05, 4.69) is 53.7 Å². The lowest BCUT2D eigenvalue weighted by Gasteiger charge is -2.29. The largest absolute Gasteiger partial charge is 0.492 e. The first kappa shape index (κ1) is 16.5. The molecule has 0 aliphatic rings. The standard InChI is InChI=1S/C15H25BrN2O/c1-5-18(13(2)12-17(3)4)9-10-19-15-8-6-7-14(16)11-15/h6-8,11,13H,5,9-10,12H2,1-4H3. The van der Waals surface area contributed by atoms with E-state index in [9.17, 15) is 0 Å². The van der Waals surface area contributed by atoms with Crippen LogP contribution in [0.3, 0.4) is 0 Å². The number of nitrogens with zero attached hydrogens (tertiary/aromatic N) is 2. The summed E-state index contributed by atoms with van der Waals surface area (Å²) in [5.41, 5.74) is 0. The van der Waals surface area contributed by atoms with Gasteiger partial charge in [0.05, 0.1) is 0 Å². The predicted octanol–water partition coefficient (Wildman–Crippen LogP) is 3.10. The average molecular weight is 329 g/mol. The molecule has 1 atom stereocenters. The van der Waals surface area contributed by atoms with Crippen LogP contribution in [0.2, 0.25) is 0 Å². The highest BCUT2D eigenvalue weighted by atomic mass is 79.9. The molecule has 0 aliphatic heterocycles. The maximum absolute atomic E-state index is 5.79. The molecular weight excluding hydrogens is 304 g/mol. The third-order valence-electron chi connectivity index (χ3n) is 3.10. The van der Waals surface area contributed by atoms with Gasteiger partial charge >= 0.3 is 0 Å². The molecule has 0 radical (unpaired) electrons. The predicted molar refractivity (Wildman–Crippen MR) is 84.9 cm³/mol. The Morgan fingerprint density at radius 2 is 2.05 bits per heavy atom. The first-order valence-corrected chi connectivity index (χ1v) is 7.59. The zero-order valence-corrected chi connectivity index (χ0v) is 14.0. The van der Waals surface area contributed by atoms with Crippen molar-refractivity contribution in [1.82, 2.24) is 9.80 Å². The van der Waals surface area contributed by atoms with Crippen molar-refractivity contribution in [3.8, 4) is 5.75 Å². The van der Waals surface area contributed by atoms with E-state index in [1.54, 1.807) is 0 Å². The highest BCUT2D eigenvalue weighted by Crippen LogP contribution is 2.17. The Balaban J connectivity index is 2.37. The van der Waals surface area contributed by atoms with Crippen molar-refractivity contribution in [3.05, 3.63) is 28.7 Å². The lowest BCUT2D eigenvalue weighted by Crippen LogP contribution is -2.41. The molecule has 3 nitrogen and oxygen atoms in total. The summed E-state index contributed by atoms with van der Waals surface area (Å²) < 4.78 is 6.84. The van der Waals surface area contributed by atoms with Gasteiger partial charge < -0.3 is 9.64 Å². The fraction of sp³-hybridized carbons (Fsp3) is 0.600. The number of benzene rings is 1. The molecule has 0 spiro atoms. The van der Waals surface area contributed by atoms with Crippen LogP contribution in [0, 0.1) is 0 Å². The topological polar surface area (TPSA) is 15.7 Å². The van der Waals surface area contributed by atoms with Gasteiger partial charge in [-0.3, -0.25) is 4.90 Å². The minimum atomic E-state index is 0.547. The van der Waals surface area contributed by atoms with Crippen molar-refractivity contribution in [3.63, 3.8) is 0 Å². The highest BCUT2D eigenvalue weighted by Gasteiger charge is 2.12. The second-order valence-electron chi connectivity index (χ2n) is 5.05. The molecular formula is C15H25BrN2O. The summed E-state index contributed by atoms with van der Waals surface area (Å²) in [6, 6.07) is 8.53. The third-order valence-corrected chi connectivity index (χ3v) is 3.60. The van der Waals surface area contributed by atoms with Gasteiger partial charge in [-0.15, -0.1) is 0 Å². The molecule has 0 saturated carbocycles. The van der Waals surface area contributed by atoms with Crippen molar-refractivity contribution in [1.29, 1.82) is 0 Å². The SMILES string of the molecule is CCN(CCOc1cccc(Br)c1)C(C)CN(C)C. The highest BCUT2D eigenvalue weighted by molar-refractivity contribution is 9.10. The van der Waals surface area contributed by atoms with Crippen molar-refractivity contribution >= 4 is 15.9 Å². The van der Waals surface area contributed by atoms with Crippen molar-refractivity contribution in [2.24, 2.45) is 0 Å². The second-order valence-corrected chi connectivity index (χ2v) is 5.96. The molecule has 1 aromatic rings. The Hall–Kier alpha value is -0.580. The van der Waals surface area contributed by atoms with Crippen LogP contribution in [0.1, 0.15) is 13.8 Å². The minimum absolute atomic E-state index is 0.547. The molecule has 1 rings (SSSR count). The number of ether oxygens (including phenoxy) is 1. The summed E-state index contributed by atoms with van der Waals surface area (Å²) >= 11 is 3.45. The van der Waals surface area contributed by atoms with Gasteiger partial charge in [-0.25, -0.2) is 0 Å². The molecule has 0 bridgehead atoms. The number of hydrogen-bond acceptors (Lipinski definition) is 3. The molecule has 0 amide bonds. The summed E-state index contributed by atoms with van der Waals surface area (Å²) in [6.07, 6.45) is 0. The Labute approximate surface area is 125 Å². The van der Waals surface area contributed by atoms with Gasteiger partial charge in [0.25, 0.3) is 0 Å². The van der Waals surface area contributed by atoms with E-state index in [0.29, 0.717) is 6.04 Å². The summed E-state index contributed by atoms with van der Waals surface area (Å²) in [7, 11) is 4.23. The number of halogens is 1. The maximum Gasteiger partial charge on any atom is 0.120 e. The van der Waals surface area contributed by atoms with Gasteiger partial charge in [0.2, 0.25) is 0 Å². The van der Waals surface area contributed by atoms with Gasteiger partial charge in [-0.05, 0) is 45.8 Å². The van der Waals surface area contributed by atoms with Crippen LogP contribution in [-0.4, -0.2) is 56.2 Å². The van der Waals surface area contributed by atoms with Gasteiger partial charge in [0.1, 0.15) is 12.4 Å². The summed E-state index contributed by atoms with van der Waals surface area (Å²) in [5.74, 6) is 0.922. The van der Waals surface area contributed by atoms with Gasteiger partial charge in [-0.2, -0.15) is 0 Å². The molecule has 0 aromatic heterocycles. The first-order chi connectivity index (χ1) is 9.02. The fourth-order valence-corrected chi connectivity index (χ4v) is 2.55. The van der Waals surface area contributed by atoms with Crippen LogP contribution in [0.15, 0.2) is 28.7 Å². The molecule has 0 fully saturated rings. The molecule has 108 valence electrons. The molecule has 1 aromatic carbocycles. The molecule has 0 saturated heterocycles. The van der Waals surface area contributed by atoms with E-state index in [1.165, 1.54) is 0 Å². The number of likely N-dealkylation sites (N-methyl/N-ethyl adjacent to an activating group) is 2. The van der Waals surface area contributed by atoms with Crippen LogP contribution in [0.4, 0.5) is 0 Å². The van der Waals surface area contributed by atoms with Crippen LogP contribution in [0.5, 0.6) is 5.75 Å². The van der Waals surface area contributed by atoms with E-state index in [0.717, 1.165) is 36.5 Å². The van der Waals surface area contributed by atoms with E-state index < -0.39 is 0 Å². The second kappa shape index (κ2) is 8.56. The number of rotatable bonds is 8. The molecule has 0 N–H and O–H groups in total. The monoisotopic (exact) mass is 328 g/mol. The van der Waals surface area contributed by atoms with Crippen molar-refractivity contribution in [2.75, 3.05) is 40.3 Å². The lowest BCUT2D eigenvalue weighted by atomic mass is 10.2. The van der Waals surface area contributed by atoms with Crippen molar-refractivity contribution < 1.29 is 4.74 Å². The van der Waals surface area contributed by atoms with E-state index >= 15 is 0 Å². The van der Waals surface area contributed by atoms with Gasteiger partial charge in [-0.1, -0.05) is 28.9 Å². The van der Waals surface area contributed by atoms with Crippen LogP contribution in [0.25, 0.3) is 0 Å². The van der Waals surface area contributed by atoms with Crippen molar-refractivity contribution in [2.45, 2.75) is 19.9 Å². The quantitative estimate of drug-likeness (QED) is 0.729. The third kappa shape index (κ3) is 6.41. The van der Waals surface area contributed by atoms with Crippen LogP contribution >= 0.6 is 15.9 Å². The van der Waals surface area contributed by atoms with Crippen LogP contribution < -0.4 is 4.74 Å².